The molecule has 1 aliphatic carbocycles. The van der Waals surface area contributed by atoms with E-state index in [0.717, 1.165) is 41.8 Å². The van der Waals surface area contributed by atoms with Gasteiger partial charge < -0.3 is 16.2 Å². The molecule has 4 N–H and O–H groups in total. The lowest BCUT2D eigenvalue weighted by Crippen LogP contribution is -2.19. The molecule has 6 nitrogen and oxygen atoms in total. The van der Waals surface area contributed by atoms with Crippen LogP contribution in [0.2, 0.25) is 5.15 Å². The second-order valence-corrected chi connectivity index (χ2v) is 6.74. The van der Waals surface area contributed by atoms with Gasteiger partial charge in [-0.25, -0.2) is 4.98 Å². The van der Waals surface area contributed by atoms with Gasteiger partial charge in [0.05, 0.1) is 5.56 Å². The van der Waals surface area contributed by atoms with E-state index in [4.69, 9.17) is 17.3 Å². The van der Waals surface area contributed by atoms with Gasteiger partial charge in [-0.15, -0.1) is 0 Å². The Balaban J connectivity index is 1.99. The monoisotopic (exact) mass is 347 g/mol. The Bertz CT molecular complexity index is 752. The zero-order valence-corrected chi connectivity index (χ0v) is 14.6. The van der Waals surface area contributed by atoms with Gasteiger partial charge in [0.25, 0.3) is 0 Å². The van der Waals surface area contributed by atoms with Gasteiger partial charge in [-0.2, -0.15) is 4.98 Å². The largest absolute Gasteiger partial charge is 0.396 e. The highest BCUT2D eigenvalue weighted by molar-refractivity contribution is 6.32. The number of nitrogens with zero attached hydrogens (tertiary/aromatic N) is 3. The van der Waals surface area contributed by atoms with Gasteiger partial charge in [-0.1, -0.05) is 17.7 Å². The van der Waals surface area contributed by atoms with E-state index < -0.39 is 0 Å². The first-order valence-corrected chi connectivity index (χ1v) is 8.50. The lowest BCUT2D eigenvalue weighted by Gasteiger charge is -2.18. The SMILES string of the molecule is Cc1ccc(-c2c(Cl)nc(N)nc2N[C@H]2CC[C@@H](CO)C2)c(C)n1. The number of hydrogen-bond acceptors (Lipinski definition) is 6. The third-order valence-electron chi connectivity index (χ3n) is 4.52. The maximum Gasteiger partial charge on any atom is 0.223 e. The van der Waals surface area contributed by atoms with Gasteiger partial charge >= 0.3 is 0 Å². The van der Waals surface area contributed by atoms with E-state index in [-0.39, 0.29) is 18.6 Å². The van der Waals surface area contributed by atoms with Gasteiger partial charge in [0, 0.05) is 29.6 Å². The molecule has 1 aliphatic rings. The molecule has 2 aromatic heterocycles. The predicted octanol–water partition coefficient (Wildman–Crippen LogP) is 2.96. The fourth-order valence-corrected chi connectivity index (χ4v) is 3.59. The highest BCUT2D eigenvalue weighted by Gasteiger charge is 2.26. The van der Waals surface area contributed by atoms with E-state index in [1.54, 1.807) is 0 Å². The van der Waals surface area contributed by atoms with E-state index in [1.807, 2.05) is 26.0 Å². The maximum atomic E-state index is 9.33. The molecule has 1 fully saturated rings. The molecule has 0 aliphatic heterocycles. The summed E-state index contributed by atoms with van der Waals surface area (Å²) in [7, 11) is 0. The third kappa shape index (κ3) is 3.44. The van der Waals surface area contributed by atoms with Gasteiger partial charge in [0.2, 0.25) is 5.95 Å². The van der Waals surface area contributed by atoms with E-state index in [0.29, 0.717) is 16.9 Å². The van der Waals surface area contributed by atoms with Crippen molar-refractivity contribution in [2.45, 2.75) is 39.2 Å². The summed E-state index contributed by atoms with van der Waals surface area (Å²) >= 11 is 6.38. The van der Waals surface area contributed by atoms with Crippen molar-refractivity contribution in [2.75, 3.05) is 17.7 Å². The minimum absolute atomic E-state index is 0.140. The normalized spacial score (nSPS) is 20.3. The topological polar surface area (TPSA) is 97.0 Å². The van der Waals surface area contributed by atoms with Crippen molar-refractivity contribution >= 4 is 23.4 Å². The minimum atomic E-state index is 0.140. The molecule has 24 heavy (non-hydrogen) atoms. The summed E-state index contributed by atoms with van der Waals surface area (Å²) in [6.45, 7) is 4.11. The summed E-state index contributed by atoms with van der Waals surface area (Å²) in [6, 6.07) is 4.16. The van der Waals surface area contributed by atoms with Crippen molar-refractivity contribution in [3.8, 4) is 11.1 Å². The van der Waals surface area contributed by atoms with Crippen molar-refractivity contribution in [1.29, 1.82) is 0 Å². The Morgan fingerprint density at radius 1 is 1.25 bits per heavy atom. The summed E-state index contributed by atoms with van der Waals surface area (Å²) < 4.78 is 0. The molecule has 0 aromatic carbocycles. The van der Waals surface area contributed by atoms with Crippen LogP contribution in [0.4, 0.5) is 11.8 Å². The average Bonchev–Trinajstić information content (AvgIpc) is 2.96. The molecule has 128 valence electrons. The second kappa shape index (κ2) is 6.91. The van der Waals surface area contributed by atoms with Crippen molar-refractivity contribution in [3.63, 3.8) is 0 Å². The number of halogens is 1. The van der Waals surface area contributed by atoms with E-state index in [1.165, 1.54) is 0 Å². The molecular weight excluding hydrogens is 326 g/mol. The molecule has 0 radical (unpaired) electrons. The van der Waals surface area contributed by atoms with Gasteiger partial charge in [-0.3, -0.25) is 4.98 Å². The average molecular weight is 348 g/mol. The molecule has 0 bridgehead atoms. The second-order valence-electron chi connectivity index (χ2n) is 6.38. The fourth-order valence-electron chi connectivity index (χ4n) is 3.31. The molecular formula is C17H22ClN5O. The molecule has 2 aromatic rings. The number of aromatic nitrogens is 3. The summed E-state index contributed by atoms with van der Waals surface area (Å²) in [5.74, 6) is 1.11. The highest BCUT2D eigenvalue weighted by atomic mass is 35.5. The number of anilines is 2. The van der Waals surface area contributed by atoms with Crippen molar-refractivity contribution in [3.05, 3.63) is 28.7 Å². The lowest BCUT2D eigenvalue weighted by molar-refractivity contribution is 0.229. The van der Waals surface area contributed by atoms with Crippen LogP contribution < -0.4 is 11.1 Å². The minimum Gasteiger partial charge on any atom is -0.396 e. The maximum absolute atomic E-state index is 9.33. The van der Waals surface area contributed by atoms with Crippen LogP contribution in [-0.2, 0) is 0 Å². The van der Waals surface area contributed by atoms with Crippen molar-refractivity contribution < 1.29 is 5.11 Å². The number of aryl methyl sites for hydroxylation is 2. The number of pyridine rings is 1. The van der Waals surface area contributed by atoms with E-state index in [2.05, 4.69) is 20.3 Å². The number of aliphatic hydroxyl groups is 1. The first-order chi connectivity index (χ1) is 11.5. The number of rotatable bonds is 4. The molecule has 2 atom stereocenters. The van der Waals surface area contributed by atoms with Crippen LogP contribution in [0.3, 0.4) is 0 Å². The van der Waals surface area contributed by atoms with Crippen molar-refractivity contribution in [1.82, 2.24) is 15.0 Å². The molecule has 3 rings (SSSR count). The Morgan fingerprint density at radius 3 is 2.71 bits per heavy atom. The Kier molecular flexibility index (Phi) is 4.87. The highest BCUT2D eigenvalue weighted by Crippen LogP contribution is 2.37. The summed E-state index contributed by atoms with van der Waals surface area (Å²) in [5.41, 5.74) is 9.23. The number of nitrogens with one attached hydrogen (secondary N) is 1. The molecule has 2 heterocycles. The molecule has 1 saturated carbocycles. The van der Waals surface area contributed by atoms with Crippen LogP contribution in [0.25, 0.3) is 11.1 Å². The van der Waals surface area contributed by atoms with Crippen LogP contribution in [0.15, 0.2) is 12.1 Å². The molecule has 0 unspecified atom stereocenters. The predicted molar refractivity (Wildman–Crippen MR) is 96.0 cm³/mol. The van der Waals surface area contributed by atoms with Crippen molar-refractivity contribution in [2.24, 2.45) is 5.92 Å². The Morgan fingerprint density at radius 2 is 2.04 bits per heavy atom. The molecule has 7 heteroatoms. The molecule has 0 saturated heterocycles. The number of nitrogens with two attached hydrogens (primary N) is 1. The van der Waals surface area contributed by atoms with Crippen LogP contribution in [-0.4, -0.2) is 32.7 Å². The van der Waals surface area contributed by atoms with E-state index >= 15 is 0 Å². The molecule has 0 amide bonds. The van der Waals surface area contributed by atoms with Crippen LogP contribution in [0.5, 0.6) is 0 Å². The Labute approximate surface area is 146 Å². The van der Waals surface area contributed by atoms with Crippen LogP contribution in [0, 0.1) is 19.8 Å². The van der Waals surface area contributed by atoms with Crippen LogP contribution in [0.1, 0.15) is 30.7 Å². The van der Waals surface area contributed by atoms with Gasteiger partial charge in [-0.05, 0) is 45.1 Å². The first-order valence-electron chi connectivity index (χ1n) is 8.13. The number of aliphatic hydroxyl groups excluding tert-OH is 1. The van der Waals surface area contributed by atoms with E-state index in [9.17, 15) is 5.11 Å². The first kappa shape index (κ1) is 16.9. The quantitative estimate of drug-likeness (QED) is 0.736. The summed E-state index contributed by atoms with van der Waals surface area (Å²) in [5, 5.41) is 13.1. The standard InChI is InChI=1S/C17H22ClN5O/c1-9-3-6-13(10(2)20-9)14-15(18)22-17(19)23-16(14)21-12-5-4-11(7-12)8-24/h3,6,11-12,24H,4-5,7-8H2,1-2H3,(H3,19,21,22,23)/t11-,12+/m1/s1. The molecule has 0 spiro atoms. The smallest absolute Gasteiger partial charge is 0.223 e. The summed E-state index contributed by atoms with van der Waals surface area (Å²) in [4.78, 5) is 13.0. The van der Waals surface area contributed by atoms with Gasteiger partial charge in [0.15, 0.2) is 0 Å². The zero-order valence-electron chi connectivity index (χ0n) is 13.9. The Hall–Kier alpha value is -1.92. The number of hydrogen-bond donors (Lipinski definition) is 3. The zero-order chi connectivity index (χ0) is 17.3. The lowest BCUT2D eigenvalue weighted by atomic mass is 10.1. The number of nitrogen functional groups attached to an aromatic ring is 1. The summed E-state index contributed by atoms with van der Waals surface area (Å²) in [6.07, 6.45) is 2.89. The third-order valence-corrected chi connectivity index (χ3v) is 4.79. The van der Waals surface area contributed by atoms with Crippen LogP contribution >= 0.6 is 11.6 Å². The fraction of sp³-hybridized carbons (Fsp3) is 0.471. The van der Waals surface area contributed by atoms with Gasteiger partial charge in [0.1, 0.15) is 11.0 Å².